The number of nitrogens with zero attached hydrogens (tertiary/aromatic N) is 4. The lowest BCUT2D eigenvalue weighted by Gasteiger charge is -2.18. The van der Waals surface area contributed by atoms with E-state index in [0.717, 1.165) is 18.7 Å². The summed E-state index contributed by atoms with van der Waals surface area (Å²) >= 11 is 5.92. The van der Waals surface area contributed by atoms with Crippen molar-refractivity contribution in [3.8, 4) is 0 Å². The standard InChI is InChI=1S/C14H17ClFN5/c1-4-21(5-2)14-19-12(15)18-13(20-14)17-11-8-9(3)6-7-10(11)16/h6-8H,4-5H2,1-3H3,(H,17,18,19,20). The third kappa shape index (κ3) is 3.78. The van der Waals surface area contributed by atoms with E-state index in [4.69, 9.17) is 11.6 Å². The van der Waals surface area contributed by atoms with Crippen LogP contribution in [0.15, 0.2) is 18.2 Å². The first-order valence-corrected chi connectivity index (χ1v) is 7.11. The molecule has 0 atom stereocenters. The third-order valence-electron chi connectivity index (χ3n) is 3.01. The van der Waals surface area contributed by atoms with Crippen LogP contribution in [0.25, 0.3) is 0 Å². The van der Waals surface area contributed by atoms with Crippen molar-refractivity contribution in [2.75, 3.05) is 23.3 Å². The van der Waals surface area contributed by atoms with Crippen LogP contribution < -0.4 is 10.2 Å². The minimum atomic E-state index is -0.374. The van der Waals surface area contributed by atoms with Crippen molar-refractivity contribution in [2.45, 2.75) is 20.8 Å². The highest BCUT2D eigenvalue weighted by Gasteiger charge is 2.11. The number of benzene rings is 1. The predicted molar refractivity (Wildman–Crippen MR) is 82.8 cm³/mol. The smallest absolute Gasteiger partial charge is 0.233 e. The fourth-order valence-electron chi connectivity index (χ4n) is 1.90. The summed E-state index contributed by atoms with van der Waals surface area (Å²) in [4.78, 5) is 14.3. The molecule has 21 heavy (non-hydrogen) atoms. The molecule has 0 aliphatic carbocycles. The van der Waals surface area contributed by atoms with Crippen molar-refractivity contribution in [3.63, 3.8) is 0 Å². The molecule has 0 aliphatic heterocycles. The molecule has 1 aromatic carbocycles. The SMILES string of the molecule is CCN(CC)c1nc(Cl)nc(Nc2cc(C)ccc2F)n1. The molecule has 1 heterocycles. The number of aryl methyl sites for hydroxylation is 1. The van der Waals surface area contributed by atoms with Gasteiger partial charge in [0.1, 0.15) is 5.82 Å². The van der Waals surface area contributed by atoms with Gasteiger partial charge in [0.2, 0.25) is 17.2 Å². The molecule has 0 unspecified atom stereocenters. The topological polar surface area (TPSA) is 53.9 Å². The lowest BCUT2D eigenvalue weighted by atomic mass is 10.2. The van der Waals surface area contributed by atoms with Gasteiger partial charge in [0.05, 0.1) is 5.69 Å². The van der Waals surface area contributed by atoms with Gasteiger partial charge in [-0.05, 0) is 50.1 Å². The number of hydrogen-bond donors (Lipinski definition) is 1. The summed E-state index contributed by atoms with van der Waals surface area (Å²) in [6.45, 7) is 7.36. The summed E-state index contributed by atoms with van der Waals surface area (Å²) < 4.78 is 13.8. The van der Waals surface area contributed by atoms with E-state index in [2.05, 4.69) is 20.3 Å². The third-order valence-corrected chi connectivity index (χ3v) is 3.18. The first-order valence-electron chi connectivity index (χ1n) is 6.73. The summed E-state index contributed by atoms with van der Waals surface area (Å²) in [6, 6.07) is 4.78. The van der Waals surface area contributed by atoms with Gasteiger partial charge < -0.3 is 10.2 Å². The number of halogens is 2. The first-order chi connectivity index (χ1) is 10.0. The summed E-state index contributed by atoms with van der Waals surface area (Å²) in [5.74, 6) is 0.318. The van der Waals surface area contributed by atoms with Gasteiger partial charge in [0.25, 0.3) is 0 Å². The van der Waals surface area contributed by atoms with Crippen LogP contribution >= 0.6 is 11.6 Å². The van der Waals surface area contributed by atoms with E-state index in [1.54, 1.807) is 12.1 Å². The van der Waals surface area contributed by atoms with Gasteiger partial charge in [-0.1, -0.05) is 6.07 Å². The zero-order valence-electron chi connectivity index (χ0n) is 12.2. The Kier molecular flexibility index (Phi) is 4.90. The van der Waals surface area contributed by atoms with Crippen molar-refractivity contribution < 1.29 is 4.39 Å². The minimum absolute atomic E-state index is 0.0717. The molecule has 1 aromatic heterocycles. The van der Waals surface area contributed by atoms with Gasteiger partial charge in [-0.25, -0.2) is 4.39 Å². The van der Waals surface area contributed by atoms with Crippen LogP contribution in [-0.4, -0.2) is 28.0 Å². The van der Waals surface area contributed by atoms with E-state index in [-0.39, 0.29) is 17.0 Å². The van der Waals surface area contributed by atoms with Gasteiger partial charge in [0, 0.05) is 13.1 Å². The zero-order chi connectivity index (χ0) is 15.4. The molecular formula is C14H17ClFN5. The molecule has 0 amide bonds. The average Bonchev–Trinajstić information content (AvgIpc) is 2.44. The molecule has 2 rings (SSSR count). The highest BCUT2D eigenvalue weighted by molar-refractivity contribution is 6.28. The van der Waals surface area contributed by atoms with Crippen LogP contribution in [0.2, 0.25) is 5.28 Å². The van der Waals surface area contributed by atoms with Gasteiger partial charge in [-0.3, -0.25) is 0 Å². The van der Waals surface area contributed by atoms with E-state index in [9.17, 15) is 4.39 Å². The molecule has 1 N–H and O–H groups in total. The van der Waals surface area contributed by atoms with Crippen molar-refractivity contribution in [3.05, 3.63) is 34.9 Å². The fourth-order valence-corrected chi connectivity index (χ4v) is 2.05. The Balaban J connectivity index is 2.34. The van der Waals surface area contributed by atoms with E-state index in [1.807, 2.05) is 25.7 Å². The quantitative estimate of drug-likeness (QED) is 0.915. The van der Waals surface area contributed by atoms with Crippen molar-refractivity contribution >= 4 is 29.2 Å². The maximum Gasteiger partial charge on any atom is 0.233 e. The molecule has 0 radical (unpaired) electrons. The minimum Gasteiger partial charge on any atom is -0.341 e. The fraction of sp³-hybridized carbons (Fsp3) is 0.357. The molecule has 2 aromatic rings. The van der Waals surface area contributed by atoms with E-state index < -0.39 is 0 Å². The second-order valence-electron chi connectivity index (χ2n) is 4.51. The highest BCUT2D eigenvalue weighted by atomic mass is 35.5. The Morgan fingerprint density at radius 3 is 2.57 bits per heavy atom. The van der Waals surface area contributed by atoms with Crippen molar-refractivity contribution in [1.82, 2.24) is 15.0 Å². The van der Waals surface area contributed by atoms with Crippen LogP contribution in [0.3, 0.4) is 0 Å². The number of rotatable bonds is 5. The lowest BCUT2D eigenvalue weighted by molar-refractivity contribution is 0.631. The van der Waals surface area contributed by atoms with E-state index in [1.165, 1.54) is 6.07 Å². The van der Waals surface area contributed by atoms with Gasteiger partial charge in [-0.2, -0.15) is 15.0 Å². The normalized spacial score (nSPS) is 10.5. The molecule has 112 valence electrons. The van der Waals surface area contributed by atoms with Crippen LogP contribution in [0, 0.1) is 12.7 Å². The van der Waals surface area contributed by atoms with Gasteiger partial charge in [0.15, 0.2) is 0 Å². The lowest BCUT2D eigenvalue weighted by Crippen LogP contribution is -2.24. The molecule has 0 bridgehead atoms. The summed E-state index contributed by atoms with van der Waals surface area (Å²) in [5.41, 5.74) is 1.24. The Morgan fingerprint density at radius 1 is 1.19 bits per heavy atom. The van der Waals surface area contributed by atoms with Crippen molar-refractivity contribution in [2.24, 2.45) is 0 Å². The van der Waals surface area contributed by atoms with E-state index >= 15 is 0 Å². The number of hydrogen-bond acceptors (Lipinski definition) is 5. The molecule has 0 spiro atoms. The zero-order valence-corrected chi connectivity index (χ0v) is 12.9. The highest BCUT2D eigenvalue weighted by Crippen LogP contribution is 2.21. The van der Waals surface area contributed by atoms with Crippen LogP contribution in [0.4, 0.5) is 22.0 Å². The Morgan fingerprint density at radius 2 is 1.90 bits per heavy atom. The Bertz CT molecular complexity index is 631. The van der Waals surface area contributed by atoms with Gasteiger partial charge in [-0.15, -0.1) is 0 Å². The second-order valence-corrected chi connectivity index (χ2v) is 4.85. The molecule has 0 saturated heterocycles. The second kappa shape index (κ2) is 6.67. The average molecular weight is 310 g/mol. The van der Waals surface area contributed by atoms with Crippen LogP contribution in [0.1, 0.15) is 19.4 Å². The molecule has 7 heteroatoms. The van der Waals surface area contributed by atoms with Gasteiger partial charge >= 0.3 is 0 Å². The summed E-state index contributed by atoms with van der Waals surface area (Å²) in [6.07, 6.45) is 0. The number of aromatic nitrogens is 3. The molecule has 5 nitrogen and oxygen atoms in total. The maximum atomic E-state index is 13.8. The molecule has 0 aliphatic rings. The number of nitrogens with one attached hydrogen (secondary N) is 1. The number of anilines is 3. The largest absolute Gasteiger partial charge is 0.341 e. The van der Waals surface area contributed by atoms with Crippen molar-refractivity contribution in [1.29, 1.82) is 0 Å². The maximum absolute atomic E-state index is 13.8. The monoisotopic (exact) mass is 309 g/mol. The molecule has 0 fully saturated rings. The summed E-state index contributed by atoms with van der Waals surface area (Å²) in [7, 11) is 0. The summed E-state index contributed by atoms with van der Waals surface area (Å²) in [5, 5.41) is 2.92. The van der Waals surface area contributed by atoms with Crippen LogP contribution in [-0.2, 0) is 0 Å². The molecule has 0 saturated carbocycles. The first kappa shape index (κ1) is 15.4. The van der Waals surface area contributed by atoms with Crippen LogP contribution in [0.5, 0.6) is 0 Å². The molecular weight excluding hydrogens is 293 g/mol. The Labute approximate surface area is 128 Å². The predicted octanol–water partition coefficient (Wildman–Crippen LogP) is 3.56. The Hall–Kier alpha value is -1.95. The van der Waals surface area contributed by atoms with E-state index in [0.29, 0.717) is 11.6 Å².